The number of pyridine rings is 1. The molecule has 1 fully saturated rings. The molecule has 4 rings (SSSR count). The van der Waals surface area contributed by atoms with Crippen LogP contribution in [0.2, 0.25) is 0 Å². The van der Waals surface area contributed by atoms with Crippen LogP contribution < -0.4 is 5.56 Å². The highest BCUT2D eigenvalue weighted by molar-refractivity contribution is 5.97. The molecule has 4 heteroatoms. The molecule has 4 nitrogen and oxygen atoms in total. The van der Waals surface area contributed by atoms with Crippen LogP contribution >= 0.6 is 0 Å². The van der Waals surface area contributed by atoms with Crippen molar-refractivity contribution in [1.82, 2.24) is 9.47 Å². The van der Waals surface area contributed by atoms with Gasteiger partial charge in [-0.15, -0.1) is 0 Å². The molecule has 136 valence electrons. The zero-order valence-electron chi connectivity index (χ0n) is 15.6. The first-order valence-corrected chi connectivity index (χ1v) is 9.48. The lowest BCUT2D eigenvalue weighted by atomic mass is 9.95. The first kappa shape index (κ1) is 17.5. The maximum atomic E-state index is 13.3. The van der Waals surface area contributed by atoms with E-state index in [2.05, 4.69) is 18.0 Å². The Bertz CT molecular complexity index is 1060. The molecular weight excluding hydrogens is 334 g/mol. The minimum Gasteiger partial charge on any atom is -0.307 e. The van der Waals surface area contributed by atoms with Crippen LogP contribution in [-0.4, -0.2) is 29.6 Å². The van der Waals surface area contributed by atoms with Crippen molar-refractivity contribution in [3.8, 4) is 17.2 Å². The topological polar surface area (TPSA) is 49.0 Å². The Morgan fingerprint density at radius 1 is 1.11 bits per heavy atom. The molecule has 27 heavy (non-hydrogen) atoms. The molecule has 0 amide bonds. The molecule has 0 N–H and O–H groups in total. The number of nitriles is 1. The maximum Gasteiger partial charge on any atom is 0.269 e. The van der Waals surface area contributed by atoms with Gasteiger partial charge < -0.3 is 9.47 Å². The van der Waals surface area contributed by atoms with Crippen LogP contribution in [0.15, 0.2) is 59.4 Å². The second-order valence-electron chi connectivity index (χ2n) is 7.43. The third kappa shape index (κ3) is 3.27. The van der Waals surface area contributed by atoms with Crippen molar-refractivity contribution in [2.75, 3.05) is 20.1 Å². The van der Waals surface area contributed by atoms with Crippen LogP contribution in [-0.2, 0) is 6.54 Å². The lowest BCUT2D eigenvalue weighted by molar-refractivity contribution is 0.194. The van der Waals surface area contributed by atoms with E-state index in [1.807, 2.05) is 59.2 Å². The zero-order valence-corrected chi connectivity index (χ0v) is 15.6. The number of fused-ring (bicyclic) bond motifs is 1. The summed E-state index contributed by atoms with van der Waals surface area (Å²) >= 11 is 0. The summed E-state index contributed by atoms with van der Waals surface area (Å²) in [5.41, 5.74) is 2.63. The van der Waals surface area contributed by atoms with Crippen molar-refractivity contribution in [2.45, 2.75) is 19.4 Å². The smallest absolute Gasteiger partial charge is 0.269 e. The molecule has 1 aromatic heterocycles. The fourth-order valence-corrected chi connectivity index (χ4v) is 4.28. The van der Waals surface area contributed by atoms with Gasteiger partial charge >= 0.3 is 0 Å². The summed E-state index contributed by atoms with van der Waals surface area (Å²) in [5, 5.41) is 10.8. The molecule has 1 saturated heterocycles. The minimum atomic E-state index is -0.178. The highest BCUT2D eigenvalue weighted by atomic mass is 16.1. The van der Waals surface area contributed by atoms with Crippen molar-refractivity contribution in [3.63, 3.8) is 0 Å². The van der Waals surface area contributed by atoms with Gasteiger partial charge in [0, 0.05) is 24.0 Å². The fraction of sp³-hybridized carbons (Fsp3) is 0.304. The Labute approximate surface area is 159 Å². The summed E-state index contributed by atoms with van der Waals surface area (Å²) in [6, 6.07) is 19.9. The molecule has 0 bridgehead atoms. The molecule has 1 aliphatic heterocycles. The molecule has 0 aliphatic carbocycles. The molecule has 2 aromatic carbocycles. The van der Waals surface area contributed by atoms with Gasteiger partial charge in [0.25, 0.3) is 5.56 Å². The number of rotatable bonds is 3. The third-order valence-corrected chi connectivity index (χ3v) is 5.51. The van der Waals surface area contributed by atoms with Gasteiger partial charge in [-0.2, -0.15) is 5.26 Å². The first-order chi connectivity index (χ1) is 13.2. The lowest BCUT2D eigenvalue weighted by Gasteiger charge is -2.30. The predicted molar refractivity (Wildman–Crippen MR) is 109 cm³/mol. The van der Waals surface area contributed by atoms with Gasteiger partial charge in [-0.05, 0) is 44.0 Å². The van der Waals surface area contributed by atoms with Gasteiger partial charge in [0.15, 0.2) is 0 Å². The Hall–Kier alpha value is -2.90. The van der Waals surface area contributed by atoms with Gasteiger partial charge in [-0.25, -0.2) is 0 Å². The van der Waals surface area contributed by atoms with Crippen LogP contribution in [0.4, 0.5) is 0 Å². The number of hydrogen-bond acceptors (Lipinski definition) is 3. The van der Waals surface area contributed by atoms with Gasteiger partial charge in [-0.1, -0.05) is 48.5 Å². The standard InChI is InChI=1S/C23H23N3O/c1-25-13-7-8-17(15-25)16-26-21-12-6-5-11-19(21)22(20(14-24)23(26)27)18-9-3-2-4-10-18/h2-6,9-12,17H,7-8,13,15-16H2,1H3. The number of piperidine rings is 1. The first-order valence-electron chi connectivity index (χ1n) is 9.48. The summed E-state index contributed by atoms with van der Waals surface area (Å²) < 4.78 is 1.82. The Morgan fingerprint density at radius 3 is 2.59 bits per heavy atom. The molecule has 3 aromatic rings. The van der Waals surface area contributed by atoms with E-state index in [-0.39, 0.29) is 11.1 Å². The average molecular weight is 357 g/mol. The molecular formula is C23H23N3O. The van der Waals surface area contributed by atoms with E-state index in [9.17, 15) is 10.1 Å². The predicted octanol–water partition coefficient (Wildman–Crippen LogP) is 3.88. The van der Waals surface area contributed by atoms with Gasteiger partial charge in [-0.3, -0.25) is 4.79 Å². The van der Waals surface area contributed by atoms with Crippen molar-refractivity contribution >= 4 is 10.9 Å². The third-order valence-electron chi connectivity index (χ3n) is 5.51. The number of benzene rings is 2. The van der Waals surface area contributed by atoms with Gasteiger partial charge in [0.05, 0.1) is 5.52 Å². The normalized spacial score (nSPS) is 17.7. The highest BCUT2D eigenvalue weighted by Gasteiger charge is 2.22. The molecule has 0 radical (unpaired) electrons. The fourth-order valence-electron chi connectivity index (χ4n) is 4.28. The van der Waals surface area contributed by atoms with E-state index in [0.717, 1.165) is 48.0 Å². The van der Waals surface area contributed by atoms with Crippen LogP contribution in [0.1, 0.15) is 18.4 Å². The Morgan fingerprint density at radius 2 is 1.85 bits per heavy atom. The average Bonchev–Trinajstić information content (AvgIpc) is 2.70. The van der Waals surface area contributed by atoms with Gasteiger partial charge in [0.1, 0.15) is 11.6 Å². The second kappa shape index (κ2) is 7.38. The van der Waals surface area contributed by atoms with E-state index in [1.54, 1.807) is 0 Å². The number of nitrogens with zero attached hydrogens (tertiary/aromatic N) is 3. The Balaban J connectivity index is 1.93. The summed E-state index contributed by atoms with van der Waals surface area (Å²) in [4.78, 5) is 15.6. The molecule has 2 heterocycles. The number of hydrogen-bond donors (Lipinski definition) is 0. The SMILES string of the molecule is CN1CCCC(Cn2c(=O)c(C#N)c(-c3ccccc3)c3ccccc32)C1. The minimum absolute atomic E-state index is 0.178. The van der Waals surface area contributed by atoms with E-state index in [1.165, 1.54) is 0 Å². The van der Waals surface area contributed by atoms with Crippen molar-refractivity contribution in [3.05, 3.63) is 70.5 Å². The van der Waals surface area contributed by atoms with Gasteiger partial charge in [0.2, 0.25) is 0 Å². The number of likely N-dealkylation sites (tertiary alicyclic amines) is 1. The number of para-hydroxylation sites is 1. The summed E-state index contributed by atoms with van der Waals surface area (Å²) in [6.07, 6.45) is 2.27. The van der Waals surface area contributed by atoms with Crippen molar-refractivity contribution in [2.24, 2.45) is 5.92 Å². The second-order valence-corrected chi connectivity index (χ2v) is 7.43. The van der Waals surface area contributed by atoms with E-state index >= 15 is 0 Å². The van der Waals surface area contributed by atoms with Crippen LogP contribution in [0.3, 0.4) is 0 Å². The zero-order chi connectivity index (χ0) is 18.8. The Kier molecular flexibility index (Phi) is 4.79. The van der Waals surface area contributed by atoms with Crippen molar-refractivity contribution in [1.29, 1.82) is 5.26 Å². The highest BCUT2D eigenvalue weighted by Crippen LogP contribution is 2.30. The van der Waals surface area contributed by atoms with E-state index < -0.39 is 0 Å². The largest absolute Gasteiger partial charge is 0.307 e. The maximum absolute atomic E-state index is 13.3. The monoisotopic (exact) mass is 357 g/mol. The lowest BCUT2D eigenvalue weighted by Crippen LogP contribution is -2.36. The molecule has 0 saturated carbocycles. The van der Waals surface area contributed by atoms with Crippen LogP contribution in [0.25, 0.3) is 22.0 Å². The molecule has 1 aliphatic rings. The molecule has 1 atom stereocenters. The summed E-state index contributed by atoms with van der Waals surface area (Å²) in [6.45, 7) is 2.76. The summed E-state index contributed by atoms with van der Waals surface area (Å²) in [7, 11) is 2.13. The number of aromatic nitrogens is 1. The molecule has 1 unspecified atom stereocenters. The van der Waals surface area contributed by atoms with E-state index in [0.29, 0.717) is 12.5 Å². The van der Waals surface area contributed by atoms with Crippen LogP contribution in [0.5, 0.6) is 0 Å². The van der Waals surface area contributed by atoms with Crippen molar-refractivity contribution < 1.29 is 0 Å². The van der Waals surface area contributed by atoms with Crippen LogP contribution in [0, 0.1) is 17.2 Å². The van der Waals surface area contributed by atoms with E-state index in [4.69, 9.17) is 0 Å². The summed E-state index contributed by atoms with van der Waals surface area (Å²) in [5.74, 6) is 0.430. The quantitative estimate of drug-likeness (QED) is 0.715. The molecule has 0 spiro atoms.